The standard InChI is InChI=1S/C12H16ClN3O3S2/c13-10-11(16-5-7-20-12(16)15-10)21(17,18)14-4-1-6-19-8-9-2-3-9/h5,7,9,14H,1-4,6,8H2. The van der Waals surface area contributed by atoms with Gasteiger partial charge in [-0.3, -0.25) is 4.40 Å². The molecule has 2 aromatic heterocycles. The number of halogens is 1. The second-order valence-electron chi connectivity index (χ2n) is 5.03. The van der Waals surface area contributed by atoms with Gasteiger partial charge in [-0.1, -0.05) is 11.6 Å². The lowest BCUT2D eigenvalue weighted by Gasteiger charge is -2.06. The number of nitrogens with one attached hydrogen (secondary N) is 1. The molecule has 1 N–H and O–H groups in total. The molecule has 9 heteroatoms. The van der Waals surface area contributed by atoms with Crippen LogP contribution < -0.4 is 4.72 Å². The maximum absolute atomic E-state index is 12.3. The van der Waals surface area contributed by atoms with Crippen molar-refractivity contribution >= 4 is 37.9 Å². The molecule has 116 valence electrons. The van der Waals surface area contributed by atoms with Gasteiger partial charge in [-0.05, 0) is 25.2 Å². The van der Waals surface area contributed by atoms with E-state index in [0.29, 0.717) is 24.5 Å². The van der Waals surface area contributed by atoms with Crippen molar-refractivity contribution in [3.8, 4) is 0 Å². The highest BCUT2D eigenvalue weighted by atomic mass is 35.5. The van der Waals surface area contributed by atoms with E-state index in [0.717, 1.165) is 12.5 Å². The lowest BCUT2D eigenvalue weighted by molar-refractivity contribution is 0.123. The van der Waals surface area contributed by atoms with Crippen LogP contribution >= 0.6 is 22.9 Å². The van der Waals surface area contributed by atoms with Gasteiger partial charge in [-0.15, -0.1) is 11.3 Å². The van der Waals surface area contributed by atoms with E-state index < -0.39 is 10.0 Å². The minimum atomic E-state index is -3.67. The Balaban J connectivity index is 1.55. The average molecular weight is 350 g/mol. The van der Waals surface area contributed by atoms with E-state index in [1.807, 2.05) is 0 Å². The first-order valence-corrected chi connectivity index (χ1v) is 9.50. The highest BCUT2D eigenvalue weighted by molar-refractivity contribution is 7.89. The van der Waals surface area contributed by atoms with Crippen LogP contribution in [0, 0.1) is 5.92 Å². The number of ether oxygens (including phenoxy) is 1. The van der Waals surface area contributed by atoms with Crippen molar-refractivity contribution in [2.75, 3.05) is 19.8 Å². The van der Waals surface area contributed by atoms with E-state index in [9.17, 15) is 8.42 Å². The van der Waals surface area contributed by atoms with Crippen molar-refractivity contribution in [3.63, 3.8) is 0 Å². The molecule has 2 aromatic rings. The summed E-state index contributed by atoms with van der Waals surface area (Å²) in [5.74, 6) is 0.721. The molecule has 21 heavy (non-hydrogen) atoms. The zero-order valence-corrected chi connectivity index (χ0v) is 13.7. The molecule has 3 rings (SSSR count). The smallest absolute Gasteiger partial charge is 0.259 e. The van der Waals surface area contributed by atoms with Crippen LogP contribution in [-0.4, -0.2) is 37.6 Å². The lowest BCUT2D eigenvalue weighted by atomic mass is 10.4. The van der Waals surface area contributed by atoms with Gasteiger partial charge in [-0.25, -0.2) is 18.1 Å². The molecule has 0 amide bonds. The topological polar surface area (TPSA) is 72.7 Å². The van der Waals surface area contributed by atoms with Crippen molar-refractivity contribution in [2.45, 2.75) is 24.3 Å². The van der Waals surface area contributed by atoms with Crippen LogP contribution in [0.2, 0.25) is 5.15 Å². The van der Waals surface area contributed by atoms with Gasteiger partial charge >= 0.3 is 0 Å². The van der Waals surface area contributed by atoms with Crippen molar-refractivity contribution in [3.05, 3.63) is 16.7 Å². The van der Waals surface area contributed by atoms with Gasteiger partial charge in [0, 0.05) is 31.3 Å². The monoisotopic (exact) mass is 349 g/mol. The summed E-state index contributed by atoms with van der Waals surface area (Å²) in [7, 11) is -3.67. The quantitative estimate of drug-likeness (QED) is 0.741. The van der Waals surface area contributed by atoms with Crippen LogP contribution in [0.4, 0.5) is 0 Å². The Morgan fingerprint density at radius 2 is 2.33 bits per heavy atom. The van der Waals surface area contributed by atoms with Gasteiger partial charge in [0.2, 0.25) is 0 Å². The van der Waals surface area contributed by atoms with Crippen LogP contribution in [0.3, 0.4) is 0 Å². The Labute approximate surface area is 132 Å². The van der Waals surface area contributed by atoms with Gasteiger partial charge in [0.1, 0.15) is 0 Å². The van der Waals surface area contributed by atoms with E-state index in [-0.39, 0.29) is 10.2 Å². The summed E-state index contributed by atoms with van der Waals surface area (Å²) in [6.07, 6.45) is 4.79. The molecule has 2 heterocycles. The second kappa shape index (κ2) is 6.21. The summed E-state index contributed by atoms with van der Waals surface area (Å²) < 4.78 is 34.1. The highest BCUT2D eigenvalue weighted by Gasteiger charge is 2.24. The summed E-state index contributed by atoms with van der Waals surface area (Å²) in [6.45, 7) is 1.67. The molecule has 0 aliphatic heterocycles. The Kier molecular flexibility index (Phi) is 4.51. The SMILES string of the molecule is O=S(=O)(NCCCOCC1CC1)c1c(Cl)nc2sccn12. The molecular formula is C12H16ClN3O3S2. The Morgan fingerprint density at radius 3 is 3.10 bits per heavy atom. The molecule has 0 atom stereocenters. The Morgan fingerprint density at radius 1 is 1.52 bits per heavy atom. The number of imidazole rings is 1. The molecular weight excluding hydrogens is 334 g/mol. The molecule has 1 aliphatic carbocycles. The number of aromatic nitrogens is 2. The number of rotatable bonds is 8. The first kappa shape index (κ1) is 15.2. The molecule has 6 nitrogen and oxygen atoms in total. The number of hydrogen-bond acceptors (Lipinski definition) is 5. The maximum Gasteiger partial charge on any atom is 0.259 e. The van der Waals surface area contributed by atoms with Crippen molar-refractivity contribution in [1.29, 1.82) is 0 Å². The van der Waals surface area contributed by atoms with Gasteiger partial charge in [-0.2, -0.15) is 0 Å². The first-order valence-electron chi connectivity index (χ1n) is 6.76. The fourth-order valence-electron chi connectivity index (χ4n) is 1.96. The van der Waals surface area contributed by atoms with Crippen LogP contribution in [0.25, 0.3) is 4.96 Å². The molecule has 0 aromatic carbocycles. The fraction of sp³-hybridized carbons (Fsp3) is 0.583. The minimum absolute atomic E-state index is 0.000617. The molecule has 1 aliphatic rings. The maximum atomic E-state index is 12.3. The molecule has 0 saturated heterocycles. The molecule has 0 spiro atoms. The van der Waals surface area contributed by atoms with Gasteiger partial charge in [0.05, 0.1) is 0 Å². The van der Waals surface area contributed by atoms with Crippen LogP contribution in [0.5, 0.6) is 0 Å². The van der Waals surface area contributed by atoms with Crippen molar-refractivity contribution in [2.24, 2.45) is 5.92 Å². The first-order chi connectivity index (χ1) is 10.1. The zero-order chi connectivity index (χ0) is 14.9. The number of fused-ring (bicyclic) bond motifs is 1. The average Bonchev–Trinajstić information content (AvgIpc) is 3.04. The number of nitrogens with zero attached hydrogens (tertiary/aromatic N) is 2. The zero-order valence-electron chi connectivity index (χ0n) is 11.3. The third-order valence-corrected chi connectivity index (χ3v) is 5.86. The van der Waals surface area contributed by atoms with E-state index in [2.05, 4.69) is 9.71 Å². The summed E-state index contributed by atoms with van der Waals surface area (Å²) in [5, 5.41) is 1.77. The molecule has 0 radical (unpaired) electrons. The van der Waals surface area contributed by atoms with E-state index in [4.69, 9.17) is 16.3 Å². The minimum Gasteiger partial charge on any atom is -0.381 e. The van der Waals surface area contributed by atoms with Crippen LogP contribution in [0.1, 0.15) is 19.3 Å². The van der Waals surface area contributed by atoms with Gasteiger partial charge < -0.3 is 4.74 Å². The molecule has 0 unspecified atom stereocenters. The largest absolute Gasteiger partial charge is 0.381 e. The van der Waals surface area contributed by atoms with Crippen LogP contribution in [0.15, 0.2) is 16.6 Å². The van der Waals surface area contributed by atoms with E-state index in [1.54, 1.807) is 11.6 Å². The highest BCUT2D eigenvalue weighted by Crippen LogP contribution is 2.28. The summed E-state index contributed by atoms with van der Waals surface area (Å²) in [6, 6.07) is 0. The summed E-state index contributed by atoms with van der Waals surface area (Å²) >= 11 is 7.27. The van der Waals surface area contributed by atoms with Crippen LogP contribution in [-0.2, 0) is 14.8 Å². The van der Waals surface area contributed by atoms with E-state index in [1.165, 1.54) is 28.6 Å². The fourth-order valence-corrected chi connectivity index (χ4v) is 4.48. The van der Waals surface area contributed by atoms with E-state index >= 15 is 0 Å². The van der Waals surface area contributed by atoms with Crippen molar-refractivity contribution < 1.29 is 13.2 Å². The number of sulfonamides is 1. The van der Waals surface area contributed by atoms with Gasteiger partial charge in [0.25, 0.3) is 10.0 Å². The molecule has 1 fully saturated rings. The second-order valence-corrected chi connectivity index (χ2v) is 7.95. The Bertz CT molecular complexity index is 721. The normalized spacial score (nSPS) is 15.9. The number of hydrogen-bond donors (Lipinski definition) is 1. The summed E-state index contributed by atoms with van der Waals surface area (Å²) in [5.41, 5.74) is 0. The third-order valence-electron chi connectivity index (χ3n) is 3.24. The molecule has 1 saturated carbocycles. The Hall–Kier alpha value is -0.670. The lowest BCUT2D eigenvalue weighted by Crippen LogP contribution is -2.27. The van der Waals surface area contributed by atoms with Gasteiger partial charge in [0.15, 0.2) is 15.1 Å². The van der Waals surface area contributed by atoms with Crippen molar-refractivity contribution in [1.82, 2.24) is 14.1 Å². The predicted molar refractivity (Wildman–Crippen MR) is 81.4 cm³/mol. The number of thiazole rings is 1. The molecule has 0 bridgehead atoms. The predicted octanol–water partition coefficient (Wildman–Crippen LogP) is 2.14. The third kappa shape index (κ3) is 3.57. The summed E-state index contributed by atoms with van der Waals surface area (Å²) in [4.78, 5) is 4.59.